The number of hydrogen-bond donors (Lipinski definition) is 0. The molecule has 1 aromatic carbocycles. The van der Waals surface area contributed by atoms with Crippen molar-refractivity contribution in [3.8, 4) is 5.75 Å². The Morgan fingerprint density at radius 2 is 2.04 bits per heavy atom. The number of amides is 1. The average molecular weight is 319 g/mol. The van der Waals surface area contributed by atoms with Gasteiger partial charge in [0.1, 0.15) is 12.4 Å². The highest BCUT2D eigenvalue weighted by atomic mass is 16.5. The molecule has 0 radical (unpaired) electrons. The zero-order valence-electron chi connectivity index (χ0n) is 13.9. The standard InChI is InChI=1S/C18H25NO4/c1-13-11-22-14(2)10-19(13)18(20)15-5-7-16(8-6-15)23-12-17-4-3-9-21-17/h5-8,13-14,17H,3-4,9-12H2,1-2H3. The molecule has 2 heterocycles. The quantitative estimate of drug-likeness (QED) is 0.855. The van der Waals surface area contributed by atoms with Crippen molar-refractivity contribution < 1.29 is 19.0 Å². The molecule has 3 unspecified atom stereocenters. The van der Waals surface area contributed by atoms with Crippen LogP contribution in [0.25, 0.3) is 0 Å². The van der Waals surface area contributed by atoms with E-state index < -0.39 is 0 Å². The lowest BCUT2D eigenvalue weighted by molar-refractivity contribution is -0.0387. The number of morpholine rings is 1. The maximum absolute atomic E-state index is 12.6. The van der Waals surface area contributed by atoms with Crippen LogP contribution in [0.2, 0.25) is 0 Å². The Kier molecular flexibility index (Phi) is 5.18. The van der Waals surface area contributed by atoms with E-state index in [1.54, 1.807) is 0 Å². The molecule has 0 spiro atoms. The molecule has 3 rings (SSSR count). The predicted molar refractivity (Wildman–Crippen MR) is 86.8 cm³/mol. The summed E-state index contributed by atoms with van der Waals surface area (Å²) in [6, 6.07) is 7.49. The smallest absolute Gasteiger partial charge is 0.254 e. The van der Waals surface area contributed by atoms with Gasteiger partial charge in [-0.3, -0.25) is 4.79 Å². The van der Waals surface area contributed by atoms with E-state index in [-0.39, 0.29) is 24.2 Å². The molecule has 2 saturated heterocycles. The van der Waals surface area contributed by atoms with Crippen LogP contribution in [0.15, 0.2) is 24.3 Å². The summed E-state index contributed by atoms with van der Waals surface area (Å²) in [4.78, 5) is 14.5. The fourth-order valence-electron chi connectivity index (χ4n) is 3.01. The van der Waals surface area contributed by atoms with Crippen LogP contribution in [0.5, 0.6) is 5.75 Å². The third-order valence-electron chi connectivity index (χ3n) is 4.43. The predicted octanol–water partition coefficient (Wildman–Crippen LogP) is 2.49. The van der Waals surface area contributed by atoms with Gasteiger partial charge < -0.3 is 19.1 Å². The summed E-state index contributed by atoms with van der Waals surface area (Å²) in [5.74, 6) is 0.832. The number of benzene rings is 1. The van der Waals surface area contributed by atoms with Crippen molar-refractivity contribution in [2.24, 2.45) is 0 Å². The molecule has 0 N–H and O–H groups in total. The van der Waals surface area contributed by atoms with Gasteiger partial charge >= 0.3 is 0 Å². The molecule has 2 fully saturated rings. The van der Waals surface area contributed by atoms with Crippen molar-refractivity contribution in [2.45, 2.75) is 44.9 Å². The van der Waals surface area contributed by atoms with Gasteiger partial charge in [-0.1, -0.05) is 0 Å². The molecule has 5 nitrogen and oxygen atoms in total. The number of carbonyl (C=O) groups excluding carboxylic acids is 1. The first-order chi connectivity index (χ1) is 11.1. The average Bonchev–Trinajstić information content (AvgIpc) is 3.08. The summed E-state index contributed by atoms with van der Waals surface area (Å²) in [6.45, 7) is 6.65. The van der Waals surface area contributed by atoms with E-state index in [9.17, 15) is 4.79 Å². The fraction of sp³-hybridized carbons (Fsp3) is 0.611. The van der Waals surface area contributed by atoms with Crippen LogP contribution in [0.3, 0.4) is 0 Å². The summed E-state index contributed by atoms with van der Waals surface area (Å²) < 4.78 is 16.9. The molecule has 2 aliphatic heterocycles. The zero-order valence-corrected chi connectivity index (χ0v) is 13.9. The van der Waals surface area contributed by atoms with Crippen molar-refractivity contribution in [1.29, 1.82) is 0 Å². The second kappa shape index (κ2) is 7.32. The molecular formula is C18H25NO4. The van der Waals surface area contributed by atoms with Crippen LogP contribution in [-0.2, 0) is 9.47 Å². The number of nitrogens with zero attached hydrogens (tertiary/aromatic N) is 1. The molecule has 1 amide bonds. The van der Waals surface area contributed by atoms with Gasteiger partial charge in [0, 0.05) is 18.7 Å². The van der Waals surface area contributed by atoms with E-state index in [0.717, 1.165) is 25.2 Å². The number of ether oxygens (including phenoxy) is 3. The van der Waals surface area contributed by atoms with Gasteiger partial charge in [0.05, 0.1) is 24.9 Å². The van der Waals surface area contributed by atoms with E-state index >= 15 is 0 Å². The van der Waals surface area contributed by atoms with E-state index in [0.29, 0.717) is 25.3 Å². The summed E-state index contributed by atoms with van der Waals surface area (Å²) in [5.41, 5.74) is 0.690. The first-order valence-corrected chi connectivity index (χ1v) is 8.40. The summed E-state index contributed by atoms with van der Waals surface area (Å²) >= 11 is 0. The van der Waals surface area contributed by atoms with Crippen molar-refractivity contribution >= 4 is 5.91 Å². The van der Waals surface area contributed by atoms with Crippen molar-refractivity contribution in [3.05, 3.63) is 29.8 Å². The van der Waals surface area contributed by atoms with Crippen LogP contribution in [0.4, 0.5) is 0 Å². The number of carbonyl (C=O) groups is 1. The van der Waals surface area contributed by atoms with Crippen LogP contribution in [-0.4, -0.2) is 55.4 Å². The van der Waals surface area contributed by atoms with Crippen LogP contribution in [0.1, 0.15) is 37.0 Å². The SMILES string of the molecule is CC1CN(C(=O)c2ccc(OCC3CCCO3)cc2)C(C)CO1. The maximum atomic E-state index is 12.6. The first kappa shape index (κ1) is 16.3. The molecule has 5 heteroatoms. The van der Waals surface area contributed by atoms with Crippen LogP contribution in [0, 0.1) is 0 Å². The molecule has 0 saturated carbocycles. The van der Waals surface area contributed by atoms with Crippen molar-refractivity contribution in [2.75, 3.05) is 26.4 Å². The summed E-state index contributed by atoms with van der Waals surface area (Å²) in [5, 5.41) is 0. The van der Waals surface area contributed by atoms with E-state index in [2.05, 4.69) is 0 Å². The molecule has 2 aliphatic rings. The molecule has 0 aromatic heterocycles. The van der Waals surface area contributed by atoms with Gasteiger partial charge in [-0.15, -0.1) is 0 Å². The number of rotatable bonds is 4. The molecule has 3 atom stereocenters. The first-order valence-electron chi connectivity index (χ1n) is 8.40. The van der Waals surface area contributed by atoms with Gasteiger partial charge in [-0.25, -0.2) is 0 Å². The summed E-state index contributed by atoms with van der Waals surface area (Å²) in [6.07, 6.45) is 2.46. The molecule has 1 aromatic rings. The van der Waals surface area contributed by atoms with Gasteiger partial charge in [-0.05, 0) is 51.0 Å². The Morgan fingerprint density at radius 3 is 2.74 bits per heavy atom. The largest absolute Gasteiger partial charge is 0.491 e. The highest BCUT2D eigenvalue weighted by Gasteiger charge is 2.28. The normalized spacial score (nSPS) is 27.9. The Morgan fingerprint density at radius 1 is 1.26 bits per heavy atom. The molecule has 126 valence electrons. The Balaban J connectivity index is 1.58. The maximum Gasteiger partial charge on any atom is 0.254 e. The lowest BCUT2D eigenvalue weighted by Gasteiger charge is -2.36. The topological polar surface area (TPSA) is 48.0 Å². The Labute approximate surface area is 137 Å². The summed E-state index contributed by atoms with van der Waals surface area (Å²) in [7, 11) is 0. The van der Waals surface area contributed by atoms with Crippen LogP contribution >= 0.6 is 0 Å². The Bertz CT molecular complexity index is 524. The second-order valence-electron chi connectivity index (χ2n) is 6.42. The minimum absolute atomic E-state index is 0.0540. The van der Waals surface area contributed by atoms with Crippen molar-refractivity contribution in [1.82, 2.24) is 4.90 Å². The minimum Gasteiger partial charge on any atom is -0.491 e. The Hall–Kier alpha value is -1.59. The van der Waals surface area contributed by atoms with E-state index in [1.807, 2.05) is 43.0 Å². The lowest BCUT2D eigenvalue weighted by atomic mass is 10.1. The number of hydrogen-bond acceptors (Lipinski definition) is 4. The fourth-order valence-corrected chi connectivity index (χ4v) is 3.01. The van der Waals surface area contributed by atoms with Gasteiger partial charge in [0.15, 0.2) is 0 Å². The molecule has 0 bridgehead atoms. The van der Waals surface area contributed by atoms with Gasteiger partial charge in [0.2, 0.25) is 0 Å². The monoisotopic (exact) mass is 319 g/mol. The van der Waals surface area contributed by atoms with Gasteiger partial charge in [0.25, 0.3) is 5.91 Å². The zero-order chi connectivity index (χ0) is 16.2. The molecule has 0 aliphatic carbocycles. The highest BCUT2D eigenvalue weighted by Crippen LogP contribution is 2.19. The van der Waals surface area contributed by atoms with E-state index in [1.165, 1.54) is 0 Å². The lowest BCUT2D eigenvalue weighted by Crippen LogP contribution is -2.50. The second-order valence-corrected chi connectivity index (χ2v) is 6.42. The molecule has 23 heavy (non-hydrogen) atoms. The van der Waals surface area contributed by atoms with Crippen LogP contribution < -0.4 is 4.74 Å². The third-order valence-corrected chi connectivity index (χ3v) is 4.43. The van der Waals surface area contributed by atoms with Gasteiger partial charge in [-0.2, -0.15) is 0 Å². The highest BCUT2D eigenvalue weighted by molar-refractivity contribution is 5.94. The molecular weight excluding hydrogens is 294 g/mol. The van der Waals surface area contributed by atoms with E-state index in [4.69, 9.17) is 14.2 Å². The minimum atomic E-state index is 0.0540. The third kappa shape index (κ3) is 4.03. The van der Waals surface area contributed by atoms with Crippen molar-refractivity contribution in [3.63, 3.8) is 0 Å².